The lowest BCUT2D eigenvalue weighted by atomic mass is 10.1. The minimum Gasteiger partial charge on any atom is -0.378 e. The number of aliphatic imine (C=N–C) groups is 1. The van der Waals surface area contributed by atoms with Crippen LogP contribution >= 0.6 is 35.0 Å². The summed E-state index contributed by atoms with van der Waals surface area (Å²) in [4.78, 5) is 31.4. The molecule has 2 amide bonds. The first-order chi connectivity index (χ1) is 17.2. The van der Waals surface area contributed by atoms with Gasteiger partial charge in [0.25, 0.3) is 5.91 Å². The zero-order chi connectivity index (χ0) is 25.6. The van der Waals surface area contributed by atoms with Gasteiger partial charge in [0.05, 0.1) is 35.9 Å². The number of aromatic nitrogens is 1. The SMILES string of the molecule is Cc1cc(/C=C2\C(=N)N3N=C(CC(=O)N4CCOCC4)SC3=NC2=O)c(C)n1-c1cc(Cl)ccc1Cl. The summed E-state index contributed by atoms with van der Waals surface area (Å²) in [5.41, 5.74) is 3.30. The number of nitrogens with one attached hydrogen (secondary N) is 1. The summed E-state index contributed by atoms with van der Waals surface area (Å²) in [6.45, 7) is 5.95. The van der Waals surface area contributed by atoms with E-state index in [1.54, 1.807) is 29.2 Å². The maximum Gasteiger partial charge on any atom is 0.283 e. The molecule has 3 aliphatic rings. The first-order valence-corrected chi connectivity index (χ1v) is 12.8. The molecule has 0 atom stereocenters. The van der Waals surface area contributed by atoms with Crippen LogP contribution in [0.15, 0.2) is 39.9 Å². The van der Waals surface area contributed by atoms with Gasteiger partial charge < -0.3 is 14.2 Å². The first-order valence-electron chi connectivity index (χ1n) is 11.2. The number of morpholine rings is 1. The Kier molecular flexibility index (Phi) is 6.78. The van der Waals surface area contributed by atoms with Gasteiger partial charge in [0.2, 0.25) is 11.1 Å². The molecule has 2 aromatic rings. The number of benzene rings is 1. The standard InChI is InChI=1S/C24H22Cl2N6O3S/c1-13-9-15(14(2)31(13)19-11-16(25)3-4-18(19)26)10-17-22(27)32-24(28-23(17)34)36-20(29-32)12-21(33)30-5-7-35-8-6-30/h3-4,9-11,27H,5-8,12H2,1-2H3/b17-10+,27-22?. The predicted octanol–water partition coefficient (Wildman–Crippen LogP) is 4.27. The van der Waals surface area contributed by atoms with Crippen molar-refractivity contribution in [2.75, 3.05) is 26.3 Å². The average Bonchev–Trinajstić information content (AvgIpc) is 3.38. The fourth-order valence-electron chi connectivity index (χ4n) is 4.27. The summed E-state index contributed by atoms with van der Waals surface area (Å²) >= 11 is 13.8. The van der Waals surface area contributed by atoms with Crippen molar-refractivity contribution in [1.82, 2.24) is 14.5 Å². The number of amides is 2. The van der Waals surface area contributed by atoms with Gasteiger partial charge in [0.1, 0.15) is 5.04 Å². The zero-order valence-corrected chi connectivity index (χ0v) is 21.9. The lowest BCUT2D eigenvalue weighted by Gasteiger charge is -2.26. The van der Waals surface area contributed by atoms with Crippen LogP contribution in [0.5, 0.6) is 0 Å². The third-order valence-electron chi connectivity index (χ3n) is 6.08. The molecule has 1 N–H and O–H groups in total. The molecule has 0 saturated carbocycles. The van der Waals surface area contributed by atoms with Gasteiger partial charge in [-0.15, -0.1) is 0 Å². The number of nitrogens with zero attached hydrogens (tertiary/aromatic N) is 5. The van der Waals surface area contributed by atoms with Crippen molar-refractivity contribution < 1.29 is 14.3 Å². The number of hydrogen-bond donors (Lipinski definition) is 1. The Morgan fingerprint density at radius 1 is 1.22 bits per heavy atom. The maximum atomic E-state index is 12.9. The highest BCUT2D eigenvalue weighted by atomic mass is 35.5. The summed E-state index contributed by atoms with van der Waals surface area (Å²) in [6.07, 6.45) is 1.72. The Morgan fingerprint density at radius 2 is 1.97 bits per heavy atom. The third kappa shape index (κ3) is 4.61. The van der Waals surface area contributed by atoms with Gasteiger partial charge in [-0.2, -0.15) is 15.1 Å². The van der Waals surface area contributed by atoms with Gasteiger partial charge >= 0.3 is 0 Å². The number of carbonyl (C=O) groups excluding carboxylic acids is 2. The second-order valence-electron chi connectivity index (χ2n) is 8.44. The van der Waals surface area contributed by atoms with Crippen LogP contribution in [-0.4, -0.2) is 68.6 Å². The molecule has 9 nitrogen and oxygen atoms in total. The Balaban J connectivity index is 1.41. The molecule has 1 saturated heterocycles. The van der Waals surface area contributed by atoms with E-state index in [4.69, 9.17) is 33.3 Å². The third-order valence-corrected chi connectivity index (χ3v) is 7.54. The Morgan fingerprint density at radius 3 is 2.72 bits per heavy atom. The minimum absolute atomic E-state index is 0.0641. The lowest BCUT2D eigenvalue weighted by Crippen LogP contribution is -2.41. The monoisotopic (exact) mass is 544 g/mol. The average molecular weight is 545 g/mol. The molecule has 0 spiro atoms. The van der Waals surface area contributed by atoms with Crippen LogP contribution in [-0.2, 0) is 14.3 Å². The summed E-state index contributed by atoms with van der Waals surface area (Å²) in [5, 5.41) is 16.3. The molecule has 0 unspecified atom stereocenters. The second kappa shape index (κ2) is 9.85. The highest BCUT2D eigenvalue weighted by Gasteiger charge is 2.36. The molecule has 12 heteroatoms. The van der Waals surface area contributed by atoms with Gasteiger partial charge in [0, 0.05) is 29.5 Å². The summed E-state index contributed by atoms with van der Waals surface area (Å²) in [6, 6.07) is 7.14. The van der Waals surface area contributed by atoms with Gasteiger partial charge in [0.15, 0.2) is 5.84 Å². The molecule has 1 aromatic heterocycles. The fraction of sp³-hybridized carbons (Fsp3) is 0.292. The molecule has 4 heterocycles. The second-order valence-corrected chi connectivity index (χ2v) is 10.3. The normalized spacial score (nSPS) is 19.1. The van der Waals surface area contributed by atoms with Crippen LogP contribution in [0, 0.1) is 19.3 Å². The van der Waals surface area contributed by atoms with E-state index < -0.39 is 5.91 Å². The van der Waals surface area contributed by atoms with Crippen molar-refractivity contribution in [3.63, 3.8) is 0 Å². The summed E-state index contributed by atoms with van der Waals surface area (Å²) in [7, 11) is 0. The molecule has 0 bridgehead atoms. The number of hydrogen-bond acceptors (Lipinski definition) is 6. The van der Waals surface area contributed by atoms with Crippen molar-refractivity contribution in [2.24, 2.45) is 10.1 Å². The summed E-state index contributed by atoms with van der Waals surface area (Å²) < 4.78 is 7.24. The van der Waals surface area contributed by atoms with Crippen LogP contribution in [0.4, 0.5) is 0 Å². The van der Waals surface area contributed by atoms with Crippen molar-refractivity contribution in [1.29, 1.82) is 5.41 Å². The molecule has 1 fully saturated rings. The molecule has 186 valence electrons. The fourth-order valence-corrected chi connectivity index (χ4v) is 5.52. The van der Waals surface area contributed by atoms with E-state index in [9.17, 15) is 9.59 Å². The van der Waals surface area contributed by atoms with Crippen LogP contribution in [0.1, 0.15) is 23.4 Å². The number of halogens is 2. The zero-order valence-electron chi connectivity index (χ0n) is 19.5. The van der Waals surface area contributed by atoms with Crippen molar-refractivity contribution >= 4 is 68.9 Å². The molecular weight excluding hydrogens is 523 g/mol. The molecule has 5 rings (SSSR count). The van der Waals surface area contributed by atoms with E-state index in [2.05, 4.69) is 10.1 Å². The van der Waals surface area contributed by atoms with Crippen molar-refractivity contribution in [3.8, 4) is 5.69 Å². The van der Waals surface area contributed by atoms with Gasteiger partial charge in [-0.1, -0.05) is 23.2 Å². The number of carbonyl (C=O) groups is 2. The Hall–Kier alpha value is -2.92. The molecule has 0 aliphatic carbocycles. The largest absolute Gasteiger partial charge is 0.378 e. The molecular formula is C24H22Cl2N6O3S. The molecule has 1 aromatic carbocycles. The number of aryl methyl sites for hydroxylation is 1. The quantitative estimate of drug-likeness (QED) is 0.579. The van der Waals surface area contributed by atoms with E-state index in [-0.39, 0.29) is 28.9 Å². The summed E-state index contributed by atoms with van der Waals surface area (Å²) in [5.74, 6) is -0.678. The maximum absolute atomic E-state index is 12.9. The lowest BCUT2D eigenvalue weighted by molar-refractivity contribution is -0.133. The van der Waals surface area contributed by atoms with Crippen molar-refractivity contribution in [3.05, 3.63) is 56.8 Å². The Bertz CT molecular complexity index is 1390. The minimum atomic E-state index is -0.528. The van der Waals surface area contributed by atoms with Gasteiger partial charge in [-0.05, 0) is 61.5 Å². The van der Waals surface area contributed by atoms with E-state index in [1.807, 2.05) is 24.5 Å². The smallest absolute Gasteiger partial charge is 0.283 e. The van der Waals surface area contributed by atoms with Crippen LogP contribution < -0.4 is 0 Å². The van der Waals surface area contributed by atoms with Crippen LogP contribution in [0.25, 0.3) is 11.8 Å². The first kappa shape index (κ1) is 24.8. The number of amidine groups is 2. The number of rotatable bonds is 4. The van der Waals surface area contributed by atoms with E-state index in [1.165, 1.54) is 5.01 Å². The Labute approximate surface area is 221 Å². The molecule has 36 heavy (non-hydrogen) atoms. The number of fused-ring (bicyclic) bond motifs is 1. The van der Waals surface area contributed by atoms with Gasteiger partial charge in [-0.3, -0.25) is 15.0 Å². The van der Waals surface area contributed by atoms with E-state index in [0.29, 0.717) is 41.4 Å². The molecule has 0 radical (unpaired) electrons. The van der Waals surface area contributed by atoms with Gasteiger partial charge in [-0.25, -0.2) is 0 Å². The van der Waals surface area contributed by atoms with E-state index >= 15 is 0 Å². The number of thioether (sulfide) groups is 1. The predicted molar refractivity (Wildman–Crippen MR) is 142 cm³/mol. The number of hydrazone groups is 1. The van der Waals surface area contributed by atoms with Crippen LogP contribution in [0.3, 0.4) is 0 Å². The topological polar surface area (TPSA) is 103 Å². The number of ether oxygens (including phenoxy) is 1. The molecule has 3 aliphatic heterocycles. The van der Waals surface area contributed by atoms with Crippen LogP contribution in [0.2, 0.25) is 10.0 Å². The highest BCUT2D eigenvalue weighted by molar-refractivity contribution is 8.27. The highest BCUT2D eigenvalue weighted by Crippen LogP contribution is 2.32. The van der Waals surface area contributed by atoms with Crippen molar-refractivity contribution in [2.45, 2.75) is 20.3 Å². The van der Waals surface area contributed by atoms with E-state index in [0.717, 1.165) is 34.4 Å².